The van der Waals surface area contributed by atoms with E-state index in [0.717, 1.165) is 11.4 Å². The minimum atomic E-state index is -0.348. The second-order valence-corrected chi connectivity index (χ2v) is 7.35. The van der Waals surface area contributed by atoms with Crippen molar-refractivity contribution in [2.75, 3.05) is 31.1 Å². The summed E-state index contributed by atoms with van der Waals surface area (Å²) in [6.45, 7) is 6.22. The standard InChI is InChI=1S/C23H23FN4O/c1-16-3-6-18(7-4-16)22-25-10-9-21(26-22)27-11-13-28(14-12-27)23(29)19-8-5-17(2)20(24)15-19/h3-10,15H,11-14H2,1-2H3. The Kier molecular flexibility index (Phi) is 5.25. The molecule has 1 amide bonds. The molecule has 4 rings (SSSR count). The zero-order chi connectivity index (χ0) is 20.4. The predicted molar refractivity (Wildman–Crippen MR) is 111 cm³/mol. The highest BCUT2D eigenvalue weighted by Gasteiger charge is 2.23. The summed E-state index contributed by atoms with van der Waals surface area (Å²) in [6.07, 6.45) is 1.77. The van der Waals surface area contributed by atoms with Crippen molar-refractivity contribution in [1.82, 2.24) is 14.9 Å². The molecule has 2 aromatic carbocycles. The average Bonchev–Trinajstić information content (AvgIpc) is 2.76. The first kappa shape index (κ1) is 19.1. The highest BCUT2D eigenvalue weighted by atomic mass is 19.1. The fraction of sp³-hybridized carbons (Fsp3) is 0.261. The summed E-state index contributed by atoms with van der Waals surface area (Å²) >= 11 is 0. The molecule has 0 atom stereocenters. The van der Waals surface area contributed by atoms with Crippen molar-refractivity contribution in [2.45, 2.75) is 13.8 Å². The number of benzene rings is 2. The summed E-state index contributed by atoms with van der Waals surface area (Å²) in [5, 5.41) is 0. The minimum Gasteiger partial charge on any atom is -0.353 e. The molecular weight excluding hydrogens is 367 g/mol. The topological polar surface area (TPSA) is 49.3 Å². The van der Waals surface area contributed by atoms with Crippen LogP contribution in [0.25, 0.3) is 11.4 Å². The lowest BCUT2D eigenvalue weighted by Gasteiger charge is -2.35. The number of rotatable bonds is 3. The fourth-order valence-corrected chi connectivity index (χ4v) is 3.41. The van der Waals surface area contributed by atoms with Gasteiger partial charge in [0.1, 0.15) is 11.6 Å². The summed E-state index contributed by atoms with van der Waals surface area (Å²) in [6, 6.07) is 14.7. The van der Waals surface area contributed by atoms with Crippen LogP contribution in [-0.2, 0) is 0 Å². The smallest absolute Gasteiger partial charge is 0.254 e. The van der Waals surface area contributed by atoms with Gasteiger partial charge in [0, 0.05) is 43.5 Å². The van der Waals surface area contributed by atoms with Crippen molar-refractivity contribution >= 4 is 11.7 Å². The van der Waals surface area contributed by atoms with Crippen molar-refractivity contribution in [2.24, 2.45) is 0 Å². The molecule has 0 spiro atoms. The molecule has 1 aliphatic rings. The lowest BCUT2D eigenvalue weighted by atomic mass is 10.1. The van der Waals surface area contributed by atoms with Crippen LogP contribution in [0.5, 0.6) is 0 Å². The number of amides is 1. The summed E-state index contributed by atoms with van der Waals surface area (Å²) in [4.78, 5) is 25.7. The third-order valence-electron chi connectivity index (χ3n) is 5.26. The number of halogens is 1. The van der Waals surface area contributed by atoms with E-state index in [1.807, 2.05) is 37.3 Å². The molecule has 1 fully saturated rings. The maximum Gasteiger partial charge on any atom is 0.254 e. The molecule has 29 heavy (non-hydrogen) atoms. The predicted octanol–water partition coefficient (Wildman–Crippen LogP) is 3.86. The first-order valence-electron chi connectivity index (χ1n) is 9.72. The normalized spacial score (nSPS) is 14.2. The van der Waals surface area contributed by atoms with Gasteiger partial charge in [-0.05, 0) is 37.6 Å². The maximum atomic E-state index is 13.8. The number of carbonyl (C=O) groups excluding carboxylic acids is 1. The van der Waals surface area contributed by atoms with E-state index in [1.165, 1.54) is 11.6 Å². The number of aryl methyl sites for hydroxylation is 2. The highest BCUT2D eigenvalue weighted by Crippen LogP contribution is 2.20. The molecule has 1 aliphatic heterocycles. The number of piperazine rings is 1. The van der Waals surface area contributed by atoms with Gasteiger partial charge in [0.05, 0.1) is 0 Å². The Hall–Kier alpha value is -3.28. The maximum absolute atomic E-state index is 13.8. The van der Waals surface area contributed by atoms with E-state index in [-0.39, 0.29) is 11.7 Å². The van der Waals surface area contributed by atoms with Gasteiger partial charge in [-0.15, -0.1) is 0 Å². The third kappa shape index (κ3) is 4.11. The Labute approximate surface area is 169 Å². The van der Waals surface area contributed by atoms with Crippen LogP contribution >= 0.6 is 0 Å². The van der Waals surface area contributed by atoms with Crippen LogP contribution in [0.1, 0.15) is 21.5 Å². The van der Waals surface area contributed by atoms with Crippen LogP contribution < -0.4 is 4.90 Å². The van der Waals surface area contributed by atoms with Gasteiger partial charge in [0.15, 0.2) is 5.82 Å². The zero-order valence-corrected chi connectivity index (χ0v) is 16.6. The molecule has 0 aliphatic carbocycles. The molecule has 1 aromatic heterocycles. The molecule has 2 heterocycles. The molecule has 5 nitrogen and oxygen atoms in total. The van der Waals surface area contributed by atoms with Crippen molar-refractivity contribution < 1.29 is 9.18 Å². The number of hydrogen-bond acceptors (Lipinski definition) is 4. The van der Waals surface area contributed by atoms with Crippen LogP contribution in [0.4, 0.5) is 10.2 Å². The lowest BCUT2D eigenvalue weighted by Crippen LogP contribution is -2.49. The average molecular weight is 390 g/mol. The number of carbonyl (C=O) groups is 1. The van der Waals surface area contributed by atoms with Crippen molar-refractivity contribution in [3.05, 3.63) is 77.2 Å². The van der Waals surface area contributed by atoms with E-state index < -0.39 is 0 Å². The Balaban J connectivity index is 1.44. The fourth-order valence-electron chi connectivity index (χ4n) is 3.41. The Morgan fingerprint density at radius 3 is 2.38 bits per heavy atom. The monoisotopic (exact) mass is 390 g/mol. The number of anilines is 1. The summed E-state index contributed by atoms with van der Waals surface area (Å²) in [5.41, 5.74) is 3.11. The van der Waals surface area contributed by atoms with Crippen LogP contribution in [-0.4, -0.2) is 47.0 Å². The molecule has 0 N–H and O–H groups in total. The Morgan fingerprint density at radius 2 is 1.69 bits per heavy atom. The van der Waals surface area contributed by atoms with E-state index in [9.17, 15) is 9.18 Å². The van der Waals surface area contributed by atoms with Crippen molar-refractivity contribution in [1.29, 1.82) is 0 Å². The van der Waals surface area contributed by atoms with Gasteiger partial charge in [-0.1, -0.05) is 35.9 Å². The molecule has 0 radical (unpaired) electrons. The Morgan fingerprint density at radius 1 is 0.966 bits per heavy atom. The van der Waals surface area contributed by atoms with Gasteiger partial charge in [0.25, 0.3) is 5.91 Å². The van der Waals surface area contributed by atoms with Gasteiger partial charge in [-0.2, -0.15) is 0 Å². The molecule has 0 saturated carbocycles. The van der Waals surface area contributed by atoms with Crippen molar-refractivity contribution in [3.8, 4) is 11.4 Å². The summed E-state index contributed by atoms with van der Waals surface area (Å²) in [5.74, 6) is 1.06. The molecule has 1 saturated heterocycles. The molecule has 0 unspecified atom stereocenters. The molecule has 3 aromatic rings. The second kappa shape index (κ2) is 7.99. The largest absolute Gasteiger partial charge is 0.353 e. The van der Waals surface area contributed by atoms with E-state index in [0.29, 0.717) is 43.1 Å². The Bertz CT molecular complexity index is 1030. The van der Waals surface area contributed by atoms with Crippen LogP contribution in [0.2, 0.25) is 0 Å². The van der Waals surface area contributed by atoms with Gasteiger partial charge in [-0.25, -0.2) is 14.4 Å². The van der Waals surface area contributed by atoms with E-state index >= 15 is 0 Å². The molecule has 148 valence electrons. The van der Waals surface area contributed by atoms with Crippen LogP contribution in [0, 0.1) is 19.7 Å². The number of nitrogens with zero attached hydrogens (tertiary/aromatic N) is 4. The third-order valence-corrected chi connectivity index (χ3v) is 5.26. The first-order valence-corrected chi connectivity index (χ1v) is 9.72. The van der Waals surface area contributed by atoms with Gasteiger partial charge < -0.3 is 9.80 Å². The summed E-state index contributed by atoms with van der Waals surface area (Å²) < 4.78 is 13.8. The molecule has 6 heteroatoms. The van der Waals surface area contributed by atoms with Gasteiger partial charge in [0.2, 0.25) is 0 Å². The van der Waals surface area contributed by atoms with Gasteiger partial charge >= 0.3 is 0 Å². The van der Waals surface area contributed by atoms with E-state index in [1.54, 1.807) is 30.2 Å². The first-order chi connectivity index (χ1) is 14.0. The minimum absolute atomic E-state index is 0.133. The molecule has 0 bridgehead atoms. The molecular formula is C23H23FN4O. The summed E-state index contributed by atoms with van der Waals surface area (Å²) in [7, 11) is 0. The zero-order valence-electron chi connectivity index (χ0n) is 16.6. The van der Waals surface area contributed by atoms with E-state index in [2.05, 4.69) is 9.88 Å². The van der Waals surface area contributed by atoms with Gasteiger partial charge in [-0.3, -0.25) is 4.79 Å². The van der Waals surface area contributed by atoms with Crippen LogP contribution in [0.3, 0.4) is 0 Å². The van der Waals surface area contributed by atoms with Crippen LogP contribution in [0.15, 0.2) is 54.7 Å². The van der Waals surface area contributed by atoms with E-state index in [4.69, 9.17) is 4.98 Å². The number of aromatic nitrogens is 2. The lowest BCUT2D eigenvalue weighted by molar-refractivity contribution is 0.0746. The quantitative estimate of drug-likeness (QED) is 0.681. The number of hydrogen-bond donors (Lipinski definition) is 0. The highest BCUT2D eigenvalue weighted by molar-refractivity contribution is 5.94. The SMILES string of the molecule is Cc1ccc(-c2nccc(N3CCN(C(=O)c4ccc(C)c(F)c4)CC3)n2)cc1. The van der Waals surface area contributed by atoms with Crippen molar-refractivity contribution in [3.63, 3.8) is 0 Å². The second-order valence-electron chi connectivity index (χ2n) is 7.35.